The number of aromatic nitrogens is 2. The third kappa shape index (κ3) is 3.23. The summed E-state index contributed by atoms with van der Waals surface area (Å²) in [6.07, 6.45) is 1.52. The molecule has 4 nitrogen and oxygen atoms in total. The third-order valence-electron chi connectivity index (χ3n) is 3.74. The van der Waals surface area contributed by atoms with E-state index in [9.17, 15) is 9.18 Å². The Labute approximate surface area is 160 Å². The fraction of sp³-hybridized carbons (Fsp3) is 0. The minimum atomic E-state index is -0.323. The van der Waals surface area contributed by atoms with E-state index in [0.717, 1.165) is 9.35 Å². The molecule has 0 saturated heterocycles. The quantitative estimate of drug-likeness (QED) is 0.436. The van der Waals surface area contributed by atoms with Crippen molar-refractivity contribution >= 4 is 44.4 Å². The number of fused-ring (bicyclic) bond motifs is 1. The standard InChI is InChI=1S/C19H11BrFN3OS/c20-13-5-8-16-15(10-13)19(25)24(18(23-16)17-2-1-9-26-17)22-11-12-3-6-14(21)7-4-12/h1-11H. The molecule has 128 valence electrons. The topological polar surface area (TPSA) is 47.2 Å². The van der Waals surface area contributed by atoms with Gasteiger partial charge in [-0.25, -0.2) is 9.37 Å². The molecule has 4 aromatic rings. The molecule has 0 radical (unpaired) electrons. The first-order valence-electron chi connectivity index (χ1n) is 7.68. The molecule has 0 atom stereocenters. The normalized spacial score (nSPS) is 11.5. The molecule has 7 heteroatoms. The molecule has 26 heavy (non-hydrogen) atoms. The van der Waals surface area contributed by atoms with Gasteiger partial charge in [-0.1, -0.05) is 34.1 Å². The van der Waals surface area contributed by atoms with Crippen molar-refractivity contribution in [1.29, 1.82) is 0 Å². The van der Waals surface area contributed by atoms with Crippen molar-refractivity contribution in [2.45, 2.75) is 0 Å². The summed E-state index contributed by atoms with van der Waals surface area (Å²) in [6.45, 7) is 0. The second-order valence-electron chi connectivity index (χ2n) is 5.49. The number of rotatable bonds is 3. The Balaban J connectivity index is 1.93. The molecule has 0 amide bonds. The van der Waals surface area contributed by atoms with Gasteiger partial charge in [0.1, 0.15) is 5.82 Å². The number of hydrogen-bond acceptors (Lipinski definition) is 4. The van der Waals surface area contributed by atoms with Crippen LogP contribution in [0.1, 0.15) is 5.56 Å². The zero-order chi connectivity index (χ0) is 18.1. The van der Waals surface area contributed by atoms with Gasteiger partial charge >= 0.3 is 0 Å². The van der Waals surface area contributed by atoms with Gasteiger partial charge in [0.25, 0.3) is 5.56 Å². The highest BCUT2D eigenvalue weighted by atomic mass is 79.9. The number of benzene rings is 2. The Kier molecular flexibility index (Phi) is 4.48. The highest BCUT2D eigenvalue weighted by molar-refractivity contribution is 9.10. The van der Waals surface area contributed by atoms with Gasteiger partial charge in [0.05, 0.1) is 22.0 Å². The van der Waals surface area contributed by atoms with Crippen molar-refractivity contribution < 1.29 is 4.39 Å². The smallest absolute Gasteiger partial charge is 0.267 e. The van der Waals surface area contributed by atoms with Crippen molar-refractivity contribution in [1.82, 2.24) is 9.66 Å². The van der Waals surface area contributed by atoms with E-state index in [-0.39, 0.29) is 11.4 Å². The van der Waals surface area contributed by atoms with Crippen molar-refractivity contribution in [3.05, 3.63) is 86.2 Å². The average Bonchev–Trinajstić information content (AvgIpc) is 3.17. The molecular weight excluding hydrogens is 417 g/mol. The molecule has 0 spiro atoms. The fourth-order valence-corrected chi connectivity index (χ4v) is 3.55. The molecule has 0 N–H and O–H groups in total. The summed E-state index contributed by atoms with van der Waals surface area (Å²) in [5.41, 5.74) is 1.03. The number of halogens is 2. The third-order valence-corrected chi connectivity index (χ3v) is 5.10. The molecule has 4 rings (SSSR count). The zero-order valence-electron chi connectivity index (χ0n) is 13.3. The van der Waals surface area contributed by atoms with E-state index in [1.54, 1.807) is 24.3 Å². The Morgan fingerprint density at radius 2 is 1.96 bits per heavy atom. The first kappa shape index (κ1) is 16.8. The van der Waals surface area contributed by atoms with Gasteiger partial charge in [0.2, 0.25) is 0 Å². The second kappa shape index (κ2) is 6.93. The van der Waals surface area contributed by atoms with Crippen LogP contribution in [0, 0.1) is 5.82 Å². The SMILES string of the molecule is O=c1c2cc(Br)ccc2nc(-c2cccs2)n1N=Cc1ccc(F)cc1. The lowest BCUT2D eigenvalue weighted by Gasteiger charge is -2.08. The molecule has 2 aromatic carbocycles. The van der Waals surface area contributed by atoms with Crippen molar-refractivity contribution in [3.63, 3.8) is 0 Å². The summed E-state index contributed by atoms with van der Waals surface area (Å²) in [4.78, 5) is 18.5. The van der Waals surface area contributed by atoms with Crippen LogP contribution in [0.4, 0.5) is 4.39 Å². The van der Waals surface area contributed by atoms with Gasteiger partial charge in [0.15, 0.2) is 5.82 Å². The first-order chi connectivity index (χ1) is 12.6. The van der Waals surface area contributed by atoms with E-state index in [2.05, 4.69) is 26.0 Å². The second-order valence-corrected chi connectivity index (χ2v) is 7.35. The minimum Gasteiger partial charge on any atom is -0.267 e. The van der Waals surface area contributed by atoms with E-state index in [1.807, 2.05) is 23.6 Å². The Morgan fingerprint density at radius 1 is 1.15 bits per heavy atom. The van der Waals surface area contributed by atoms with Crippen molar-refractivity contribution in [2.24, 2.45) is 5.10 Å². The van der Waals surface area contributed by atoms with Crippen LogP contribution in [0.3, 0.4) is 0 Å². The molecule has 0 fully saturated rings. The number of nitrogens with zero attached hydrogens (tertiary/aromatic N) is 3. The van der Waals surface area contributed by atoms with Crippen LogP contribution in [0.25, 0.3) is 21.6 Å². The molecule has 2 heterocycles. The number of hydrogen-bond donors (Lipinski definition) is 0. The Bertz CT molecular complexity index is 1170. The van der Waals surface area contributed by atoms with Gasteiger partial charge in [-0.05, 0) is 47.3 Å². The summed E-state index contributed by atoms with van der Waals surface area (Å²) >= 11 is 4.86. The van der Waals surface area contributed by atoms with E-state index in [1.165, 1.54) is 34.4 Å². The summed E-state index contributed by atoms with van der Waals surface area (Å²) in [5.74, 6) is 0.147. The van der Waals surface area contributed by atoms with Gasteiger partial charge in [-0.15, -0.1) is 11.3 Å². The van der Waals surface area contributed by atoms with Gasteiger partial charge < -0.3 is 0 Å². The average molecular weight is 428 g/mol. The molecular formula is C19H11BrFN3OS. The first-order valence-corrected chi connectivity index (χ1v) is 9.35. The van der Waals surface area contributed by atoms with Crippen LogP contribution < -0.4 is 5.56 Å². The highest BCUT2D eigenvalue weighted by Crippen LogP contribution is 2.24. The molecule has 0 aliphatic heterocycles. The molecule has 0 unspecified atom stereocenters. The maximum Gasteiger partial charge on any atom is 0.282 e. The Morgan fingerprint density at radius 3 is 2.69 bits per heavy atom. The van der Waals surface area contributed by atoms with E-state index in [4.69, 9.17) is 0 Å². The predicted octanol–water partition coefficient (Wildman–Crippen LogP) is 4.91. The maximum atomic E-state index is 13.1. The highest BCUT2D eigenvalue weighted by Gasteiger charge is 2.13. The van der Waals surface area contributed by atoms with E-state index < -0.39 is 0 Å². The van der Waals surface area contributed by atoms with Crippen molar-refractivity contribution in [3.8, 4) is 10.7 Å². The predicted molar refractivity (Wildman–Crippen MR) is 106 cm³/mol. The van der Waals surface area contributed by atoms with Crippen LogP contribution in [0.5, 0.6) is 0 Å². The molecule has 0 bridgehead atoms. The lowest BCUT2D eigenvalue weighted by atomic mass is 10.2. The van der Waals surface area contributed by atoms with Crippen LogP contribution in [0.2, 0.25) is 0 Å². The van der Waals surface area contributed by atoms with E-state index >= 15 is 0 Å². The maximum absolute atomic E-state index is 13.1. The summed E-state index contributed by atoms with van der Waals surface area (Å²) in [7, 11) is 0. The largest absolute Gasteiger partial charge is 0.282 e. The van der Waals surface area contributed by atoms with E-state index in [0.29, 0.717) is 22.3 Å². The van der Waals surface area contributed by atoms with Crippen LogP contribution >= 0.6 is 27.3 Å². The fourth-order valence-electron chi connectivity index (χ4n) is 2.49. The summed E-state index contributed by atoms with van der Waals surface area (Å²) in [5, 5.41) is 6.71. The van der Waals surface area contributed by atoms with Gasteiger partial charge in [-0.3, -0.25) is 4.79 Å². The van der Waals surface area contributed by atoms with Crippen LogP contribution in [-0.2, 0) is 0 Å². The number of thiophene rings is 1. The molecule has 0 aliphatic carbocycles. The molecule has 2 aromatic heterocycles. The van der Waals surface area contributed by atoms with Crippen molar-refractivity contribution in [2.75, 3.05) is 0 Å². The lowest BCUT2D eigenvalue weighted by Crippen LogP contribution is -2.20. The van der Waals surface area contributed by atoms with Gasteiger partial charge in [0, 0.05) is 4.47 Å². The molecule has 0 aliphatic rings. The van der Waals surface area contributed by atoms with Crippen LogP contribution in [0.15, 0.2) is 74.3 Å². The molecule has 0 saturated carbocycles. The minimum absolute atomic E-state index is 0.266. The monoisotopic (exact) mass is 427 g/mol. The summed E-state index contributed by atoms with van der Waals surface area (Å²) in [6, 6.07) is 15.0. The summed E-state index contributed by atoms with van der Waals surface area (Å²) < 4.78 is 15.1. The zero-order valence-corrected chi connectivity index (χ0v) is 15.7. The lowest BCUT2D eigenvalue weighted by molar-refractivity contribution is 0.628. The van der Waals surface area contributed by atoms with Crippen LogP contribution in [-0.4, -0.2) is 15.9 Å². The van der Waals surface area contributed by atoms with Gasteiger partial charge in [-0.2, -0.15) is 9.78 Å². The Hall–Kier alpha value is -2.64.